The molecule has 0 atom stereocenters. The van der Waals surface area contributed by atoms with E-state index in [1.54, 1.807) is 0 Å². The second-order valence-electron chi connectivity index (χ2n) is 5.35. The summed E-state index contributed by atoms with van der Waals surface area (Å²) >= 11 is 5.77. The van der Waals surface area contributed by atoms with Crippen LogP contribution in [0.2, 0.25) is 0 Å². The topological polar surface area (TPSA) is 16.1 Å². The fourth-order valence-electron chi connectivity index (χ4n) is 1.83. The molecule has 0 aliphatic heterocycles. The van der Waals surface area contributed by atoms with E-state index in [1.165, 1.54) is 0 Å². The molecule has 1 heterocycles. The molecule has 0 fully saturated rings. The Morgan fingerprint density at radius 2 is 1.71 bits per heavy atom. The second kappa shape index (κ2) is 6.85. The molecule has 0 radical (unpaired) electrons. The van der Waals surface area contributed by atoms with Gasteiger partial charge in [-0.25, -0.2) is 4.98 Å². The van der Waals surface area contributed by atoms with Gasteiger partial charge in [0.05, 0.1) is 0 Å². The minimum atomic E-state index is 0.529. The van der Waals surface area contributed by atoms with E-state index in [2.05, 4.69) is 49.7 Å². The molecule has 0 unspecified atom stereocenters. The van der Waals surface area contributed by atoms with Gasteiger partial charge in [0.25, 0.3) is 0 Å². The lowest BCUT2D eigenvalue weighted by Gasteiger charge is -2.27. The summed E-state index contributed by atoms with van der Waals surface area (Å²) in [6.07, 6.45) is 1.87. The van der Waals surface area contributed by atoms with Gasteiger partial charge in [-0.3, -0.25) is 0 Å². The molecule has 2 nitrogen and oxygen atoms in total. The van der Waals surface area contributed by atoms with Gasteiger partial charge in [0, 0.05) is 25.2 Å². The first-order valence-corrected chi connectivity index (χ1v) is 6.82. The van der Waals surface area contributed by atoms with Crippen LogP contribution in [0, 0.1) is 11.8 Å². The highest BCUT2D eigenvalue weighted by atomic mass is 35.5. The quantitative estimate of drug-likeness (QED) is 0.715. The molecule has 1 aromatic rings. The molecule has 0 aromatic carbocycles. The van der Waals surface area contributed by atoms with Crippen LogP contribution >= 0.6 is 11.6 Å². The minimum absolute atomic E-state index is 0.529. The third-order valence-electron chi connectivity index (χ3n) is 2.46. The van der Waals surface area contributed by atoms with Crippen LogP contribution in [0.4, 0.5) is 5.82 Å². The van der Waals surface area contributed by atoms with Gasteiger partial charge in [0.1, 0.15) is 5.82 Å². The van der Waals surface area contributed by atoms with Gasteiger partial charge in [0.2, 0.25) is 0 Å². The van der Waals surface area contributed by atoms with Crippen molar-refractivity contribution in [2.24, 2.45) is 11.8 Å². The zero-order valence-corrected chi connectivity index (χ0v) is 12.0. The first kappa shape index (κ1) is 14.3. The lowest BCUT2D eigenvalue weighted by atomic mass is 10.1. The van der Waals surface area contributed by atoms with Crippen LogP contribution < -0.4 is 4.90 Å². The van der Waals surface area contributed by atoms with Crippen LogP contribution in [0.1, 0.15) is 33.3 Å². The average Bonchev–Trinajstić information content (AvgIpc) is 2.27. The lowest BCUT2D eigenvalue weighted by Crippen LogP contribution is -2.31. The SMILES string of the molecule is CC(C)CN(CC(C)C)c1ccc(CCl)cn1. The predicted octanol–water partition coefficient (Wildman–Crippen LogP) is 3.94. The maximum Gasteiger partial charge on any atom is 0.128 e. The standard InChI is InChI=1S/C14H23ClN2/c1-11(2)9-17(10-12(3)4)14-6-5-13(7-15)8-16-14/h5-6,8,11-12H,7,9-10H2,1-4H3. The Labute approximate surface area is 110 Å². The summed E-state index contributed by atoms with van der Waals surface area (Å²) in [4.78, 5) is 6.85. The van der Waals surface area contributed by atoms with Crippen LogP contribution in [0.25, 0.3) is 0 Å². The molecule has 0 amide bonds. The number of anilines is 1. The molecule has 0 N–H and O–H groups in total. The summed E-state index contributed by atoms with van der Waals surface area (Å²) in [5.74, 6) is 2.87. The van der Waals surface area contributed by atoms with Crippen molar-refractivity contribution < 1.29 is 0 Å². The molecule has 3 heteroatoms. The van der Waals surface area contributed by atoms with Crippen molar-refractivity contribution in [3.63, 3.8) is 0 Å². The monoisotopic (exact) mass is 254 g/mol. The smallest absolute Gasteiger partial charge is 0.128 e. The van der Waals surface area contributed by atoms with E-state index >= 15 is 0 Å². The molecular formula is C14H23ClN2. The fraction of sp³-hybridized carbons (Fsp3) is 0.643. The minimum Gasteiger partial charge on any atom is -0.356 e. The van der Waals surface area contributed by atoms with Crippen molar-refractivity contribution in [1.82, 2.24) is 4.98 Å². The number of hydrogen-bond acceptors (Lipinski definition) is 2. The Bertz CT molecular complexity index is 309. The van der Waals surface area contributed by atoms with E-state index in [-0.39, 0.29) is 0 Å². The Balaban J connectivity index is 2.79. The van der Waals surface area contributed by atoms with Gasteiger partial charge < -0.3 is 4.90 Å². The van der Waals surface area contributed by atoms with Gasteiger partial charge in [-0.2, -0.15) is 0 Å². The number of pyridine rings is 1. The molecule has 0 spiro atoms. The fourth-order valence-corrected chi connectivity index (χ4v) is 1.98. The van der Waals surface area contributed by atoms with Gasteiger partial charge >= 0.3 is 0 Å². The summed E-state index contributed by atoms with van der Waals surface area (Å²) < 4.78 is 0. The number of aromatic nitrogens is 1. The van der Waals surface area contributed by atoms with E-state index in [9.17, 15) is 0 Å². The molecule has 0 bridgehead atoms. The number of nitrogens with zero attached hydrogens (tertiary/aromatic N) is 2. The molecule has 1 rings (SSSR count). The van der Waals surface area contributed by atoms with E-state index < -0.39 is 0 Å². The van der Waals surface area contributed by atoms with Gasteiger partial charge in [-0.1, -0.05) is 33.8 Å². The zero-order valence-electron chi connectivity index (χ0n) is 11.3. The van der Waals surface area contributed by atoms with E-state index in [1.807, 2.05) is 6.20 Å². The van der Waals surface area contributed by atoms with Crippen LogP contribution in [0.5, 0.6) is 0 Å². The van der Waals surface area contributed by atoms with Crippen molar-refractivity contribution in [2.75, 3.05) is 18.0 Å². The Morgan fingerprint density at radius 3 is 2.06 bits per heavy atom. The first-order chi connectivity index (χ1) is 8.02. The van der Waals surface area contributed by atoms with Crippen LogP contribution in [-0.2, 0) is 5.88 Å². The first-order valence-electron chi connectivity index (χ1n) is 6.28. The van der Waals surface area contributed by atoms with Crippen molar-refractivity contribution in [1.29, 1.82) is 0 Å². The van der Waals surface area contributed by atoms with Crippen LogP contribution in [0.15, 0.2) is 18.3 Å². The molecular weight excluding hydrogens is 232 g/mol. The second-order valence-corrected chi connectivity index (χ2v) is 5.62. The van der Waals surface area contributed by atoms with E-state index in [0.717, 1.165) is 24.5 Å². The third-order valence-corrected chi connectivity index (χ3v) is 2.77. The number of alkyl halides is 1. The highest BCUT2D eigenvalue weighted by Gasteiger charge is 2.11. The largest absolute Gasteiger partial charge is 0.356 e. The molecule has 0 saturated carbocycles. The Morgan fingerprint density at radius 1 is 1.12 bits per heavy atom. The van der Waals surface area contributed by atoms with E-state index in [0.29, 0.717) is 17.7 Å². The molecule has 0 aliphatic carbocycles. The summed E-state index contributed by atoms with van der Waals surface area (Å²) in [5, 5.41) is 0. The summed E-state index contributed by atoms with van der Waals surface area (Å²) in [7, 11) is 0. The highest BCUT2D eigenvalue weighted by Crippen LogP contribution is 2.16. The number of hydrogen-bond donors (Lipinski definition) is 0. The van der Waals surface area contributed by atoms with E-state index in [4.69, 9.17) is 11.6 Å². The number of rotatable bonds is 6. The molecule has 1 aromatic heterocycles. The highest BCUT2D eigenvalue weighted by molar-refractivity contribution is 6.17. The van der Waals surface area contributed by atoms with Crippen molar-refractivity contribution in [2.45, 2.75) is 33.6 Å². The zero-order chi connectivity index (χ0) is 12.8. The third kappa shape index (κ3) is 4.95. The maximum atomic E-state index is 5.77. The van der Waals surface area contributed by atoms with Crippen molar-refractivity contribution in [3.8, 4) is 0 Å². The predicted molar refractivity (Wildman–Crippen MR) is 75.7 cm³/mol. The lowest BCUT2D eigenvalue weighted by molar-refractivity contribution is 0.549. The van der Waals surface area contributed by atoms with Crippen LogP contribution in [0.3, 0.4) is 0 Å². The van der Waals surface area contributed by atoms with Crippen LogP contribution in [-0.4, -0.2) is 18.1 Å². The molecule has 0 saturated heterocycles. The van der Waals surface area contributed by atoms with Gasteiger partial charge in [-0.05, 0) is 23.5 Å². The van der Waals surface area contributed by atoms with Gasteiger partial charge in [-0.15, -0.1) is 11.6 Å². The molecule has 0 aliphatic rings. The average molecular weight is 255 g/mol. The molecule has 17 heavy (non-hydrogen) atoms. The summed E-state index contributed by atoms with van der Waals surface area (Å²) in [6, 6.07) is 4.13. The van der Waals surface area contributed by atoms with Gasteiger partial charge in [0.15, 0.2) is 0 Å². The Hall–Kier alpha value is -0.760. The van der Waals surface area contributed by atoms with Crippen molar-refractivity contribution >= 4 is 17.4 Å². The Kier molecular flexibility index (Phi) is 5.76. The number of halogens is 1. The van der Waals surface area contributed by atoms with Crippen molar-refractivity contribution in [3.05, 3.63) is 23.9 Å². The summed E-state index contributed by atoms with van der Waals surface area (Å²) in [5.41, 5.74) is 1.07. The summed E-state index contributed by atoms with van der Waals surface area (Å²) in [6.45, 7) is 11.0. The molecule has 96 valence electrons. The maximum absolute atomic E-state index is 5.77. The normalized spacial score (nSPS) is 11.2.